The molecule has 10 heavy (non-hydrogen) atoms. The lowest BCUT2D eigenvalue weighted by molar-refractivity contribution is 0.142. The SMILES string of the molecule is CCCC1(CC)CCOC1. The first-order valence-corrected chi connectivity index (χ1v) is 4.41. The molecule has 60 valence electrons. The van der Waals surface area contributed by atoms with Gasteiger partial charge in [0.25, 0.3) is 0 Å². The molecular weight excluding hydrogens is 124 g/mol. The largest absolute Gasteiger partial charge is 0.381 e. The summed E-state index contributed by atoms with van der Waals surface area (Å²) in [5.74, 6) is 0. The van der Waals surface area contributed by atoms with Crippen LogP contribution >= 0.6 is 0 Å². The topological polar surface area (TPSA) is 9.23 Å². The second-order valence-electron chi connectivity index (χ2n) is 3.41. The highest BCUT2D eigenvalue weighted by Gasteiger charge is 2.31. The van der Waals surface area contributed by atoms with Crippen molar-refractivity contribution in [1.29, 1.82) is 0 Å². The van der Waals surface area contributed by atoms with Gasteiger partial charge >= 0.3 is 0 Å². The molecule has 0 N–H and O–H groups in total. The Morgan fingerprint density at radius 3 is 2.60 bits per heavy atom. The van der Waals surface area contributed by atoms with Crippen molar-refractivity contribution < 1.29 is 4.74 Å². The Morgan fingerprint density at radius 2 is 2.20 bits per heavy atom. The molecule has 0 spiro atoms. The molecule has 0 aromatic rings. The van der Waals surface area contributed by atoms with Gasteiger partial charge in [0, 0.05) is 6.61 Å². The third-order valence-electron chi connectivity index (χ3n) is 2.72. The van der Waals surface area contributed by atoms with E-state index in [1.807, 2.05) is 0 Å². The van der Waals surface area contributed by atoms with E-state index in [9.17, 15) is 0 Å². The lowest BCUT2D eigenvalue weighted by Crippen LogP contribution is -2.18. The summed E-state index contributed by atoms with van der Waals surface area (Å²) in [7, 11) is 0. The molecule has 1 unspecified atom stereocenters. The van der Waals surface area contributed by atoms with Gasteiger partial charge in [0.15, 0.2) is 0 Å². The normalized spacial score (nSPS) is 33.0. The molecular formula is C9H18O. The van der Waals surface area contributed by atoms with E-state index in [4.69, 9.17) is 4.74 Å². The quantitative estimate of drug-likeness (QED) is 0.588. The third-order valence-corrected chi connectivity index (χ3v) is 2.72. The Kier molecular flexibility index (Phi) is 2.72. The van der Waals surface area contributed by atoms with E-state index in [1.165, 1.54) is 25.7 Å². The van der Waals surface area contributed by atoms with Crippen molar-refractivity contribution in [2.24, 2.45) is 5.41 Å². The average Bonchev–Trinajstić information content (AvgIpc) is 2.39. The van der Waals surface area contributed by atoms with Crippen LogP contribution in [0.25, 0.3) is 0 Å². The Bertz CT molecular complexity index is 92.9. The molecule has 0 amide bonds. The molecule has 0 bridgehead atoms. The summed E-state index contributed by atoms with van der Waals surface area (Å²) in [6.45, 7) is 6.55. The minimum absolute atomic E-state index is 0.564. The Labute approximate surface area is 63.8 Å². The zero-order chi connectivity index (χ0) is 7.45. The minimum Gasteiger partial charge on any atom is -0.381 e. The molecule has 1 heteroatoms. The van der Waals surface area contributed by atoms with E-state index >= 15 is 0 Å². The zero-order valence-corrected chi connectivity index (χ0v) is 7.15. The molecule has 1 heterocycles. The molecule has 0 aliphatic carbocycles. The van der Waals surface area contributed by atoms with Gasteiger partial charge in [0.1, 0.15) is 0 Å². The van der Waals surface area contributed by atoms with E-state index < -0.39 is 0 Å². The Balaban J connectivity index is 2.41. The van der Waals surface area contributed by atoms with Crippen LogP contribution in [0.5, 0.6) is 0 Å². The van der Waals surface area contributed by atoms with E-state index in [2.05, 4.69) is 13.8 Å². The highest BCUT2D eigenvalue weighted by molar-refractivity contribution is 4.80. The number of rotatable bonds is 3. The maximum atomic E-state index is 5.40. The number of hydrogen-bond donors (Lipinski definition) is 0. The first-order chi connectivity index (χ1) is 4.83. The first kappa shape index (κ1) is 8.06. The standard InChI is InChI=1S/C9H18O/c1-3-5-9(4-2)6-7-10-8-9/h3-8H2,1-2H3. The van der Waals surface area contributed by atoms with Crippen molar-refractivity contribution in [2.75, 3.05) is 13.2 Å². The van der Waals surface area contributed by atoms with Crippen molar-refractivity contribution >= 4 is 0 Å². The van der Waals surface area contributed by atoms with Crippen molar-refractivity contribution in [2.45, 2.75) is 39.5 Å². The molecule has 0 saturated carbocycles. The van der Waals surface area contributed by atoms with Gasteiger partial charge in [-0.3, -0.25) is 0 Å². The molecule has 1 saturated heterocycles. The molecule has 0 aromatic heterocycles. The Morgan fingerprint density at radius 1 is 1.40 bits per heavy atom. The fourth-order valence-corrected chi connectivity index (χ4v) is 1.83. The highest BCUT2D eigenvalue weighted by atomic mass is 16.5. The van der Waals surface area contributed by atoms with E-state index in [0.29, 0.717) is 5.41 Å². The van der Waals surface area contributed by atoms with E-state index in [-0.39, 0.29) is 0 Å². The van der Waals surface area contributed by atoms with Crippen LogP contribution in [0.2, 0.25) is 0 Å². The lowest BCUT2D eigenvalue weighted by atomic mass is 9.80. The molecule has 1 aliphatic heterocycles. The van der Waals surface area contributed by atoms with Crippen LogP contribution in [0.15, 0.2) is 0 Å². The molecule has 1 fully saturated rings. The smallest absolute Gasteiger partial charge is 0.0523 e. The van der Waals surface area contributed by atoms with Gasteiger partial charge in [-0.2, -0.15) is 0 Å². The van der Waals surface area contributed by atoms with Crippen molar-refractivity contribution in [3.05, 3.63) is 0 Å². The fourth-order valence-electron chi connectivity index (χ4n) is 1.83. The predicted molar refractivity (Wildman–Crippen MR) is 43.1 cm³/mol. The fraction of sp³-hybridized carbons (Fsp3) is 1.00. The summed E-state index contributed by atoms with van der Waals surface area (Å²) in [6.07, 6.45) is 5.24. The highest BCUT2D eigenvalue weighted by Crippen LogP contribution is 2.36. The zero-order valence-electron chi connectivity index (χ0n) is 7.15. The van der Waals surface area contributed by atoms with Crippen LogP contribution in [0, 0.1) is 5.41 Å². The van der Waals surface area contributed by atoms with Gasteiger partial charge in [-0.1, -0.05) is 20.3 Å². The van der Waals surface area contributed by atoms with Crippen LogP contribution in [0.1, 0.15) is 39.5 Å². The van der Waals surface area contributed by atoms with Crippen LogP contribution in [0.3, 0.4) is 0 Å². The van der Waals surface area contributed by atoms with Crippen molar-refractivity contribution in [3.63, 3.8) is 0 Å². The van der Waals surface area contributed by atoms with Gasteiger partial charge in [0.05, 0.1) is 6.61 Å². The summed E-state index contributed by atoms with van der Waals surface area (Å²) < 4.78 is 5.40. The van der Waals surface area contributed by atoms with Gasteiger partial charge in [0.2, 0.25) is 0 Å². The first-order valence-electron chi connectivity index (χ1n) is 4.41. The minimum atomic E-state index is 0.564. The summed E-state index contributed by atoms with van der Waals surface area (Å²) >= 11 is 0. The molecule has 1 rings (SSSR count). The maximum Gasteiger partial charge on any atom is 0.0523 e. The van der Waals surface area contributed by atoms with Gasteiger partial charge in [-0.05, 0) is 24.7 Å². The van der Waals surface area contributed by atoms with Crippen LogP contribution in [-0.4, -0.2) is 13.2 Å². The summed E-state index contributed by atoms with van der Waals surface area (Å²) in [5.41, 5.74) is 0.564. The molecule has 0 aromatic carbocycles. The van der Waals surface area contributed by atoms with Crippen LogP contribution in [0.4, 0.5) is 0 Å². The molecule has 0 radical (unpaired) electrons. The molecule has 1 nitrogen and oxygen atoms in total. The third kappa shape index (κ3) is 1.51. The summed E-state index contributed by atoms with van der Waals surface area (Å²) in [4.78, 5) is 0. The average molecular weight is 142 g/mol. The van der Waals surface area contributed by atoms with Crippen LogP contribution in [-0.2, 0) is 4.74 Å². The monoisotopic (exact) mass is 142 g/mol. The van der Waals surface area contributed by atoms with Gasteiger partial charge < -0.3 is 4.74 Å². The van der Waals surface area contributed by atoms with Crippen molar-refractivity contribution in [3.8, 4) is 0 Å². The van der Waals surface area contributed by atoms with Crippen molar-refractivity contribution in [1.82, 2.24) is 0 Å². The predicted octanol–water partition coefficient (Wildman–Crippen LogP) is 2.60. The second-order valence-corrected chi connectivity index (χ2v) is 3.41. The van der Waals surface area contributed by atoms with Gasteiger partial charge in [-0.15, -0.1) is 0 Å². The maximum absolute atomic E-state index is 5.40. The van der Waals surface area contributed by atoms with Gasteiger partial charge in [-0.25, -0.2) is 0 Å². The second kappa shape index (κ2) is 3.38. The number of ether oxygens (including phenoxy) is 1. The lowest BCUT2D eigenvalue weighted by Gasteiger charge is -2.24. The number of hydrogen-bond acceptors (Lipinski definition) is 1. The van der Waals surface area contributed by atoms with E-state index in [0.717, 1.165) is 13.2 Å². The Hall–Kier alpha value is -0.0400. The molecule has 1 atom stereocenters. The molecule has 1 aliphatic rings. The van der Waals surface area contributed by atoms with E-state index in [1.54, 1.807) is 0 Å². The summed E-state index contributed by atoms with van der Waals surface area (Å²) in [6, 6.07) is 0. The summed E-state index contributed by atoms with van der Waals surface area (Å²) in [5, 5.41) is 0. The van der Waals surface area contributed by atoms with Crippen LogP contribution < -0.4 is 0 Å².